The minimum Gasteiger partial charge on any atom is -0.494 e. The molecule has 0 aliphatic carbocycles. The van der Waals surface area contributed by atoms with E-state index >= 15 is 0 Å². The fraction of sp³-hybridized carbons (Fsp3) is 0.419. The summed E-state index contributed by atoms with van der Waals surface area (Å²) in [6.45, 7) is 5.57. The van der Waals surface area contributed by atoms with Crippen molar-refractivity contribution in [1.29, 1.82) is 0 Å². The van der Waals surface area contributed by atoms with Gasteiger partial charge in [0.1, 0.15) is 17.6 Å². The standard InChI is InChI=1S/C31H38ClFN2O8S/c1-5-43-26-11-9-19(10-12-29(40)42-4)13-20(26)14-27(37)35-30(18(2)3)31(41)34-24(15-28(38)39)25(36)17-44-16-21-22(32)7-6-8-23(21)33/h6-13,18,24-25,30,36H,5,14-17H2,1-4H3,(H,34,41)(H,35,37)(H,38,39)/b12-10+/t24-,25+,30-/m0/s1. The molecule has 0 aliphatic heterocycles. The second-order valence-corrected chi connectivity index (χ2v) is 11.6. The molecule has 0 spiro atoms. The molecule has 2 aromatic carbocycles. The molecule has 0 unspecified atom stereocenters. The first kappa shape index (κ1) is 36.6. The molecule has 0 saturated carbocycles. The van der Waals surface area contributed by atoms with E-state index in [1.54, 1.807) is 45.0 Å². The van der Waals surface area contributed by atoms with Crippen LogP contribution < -0.4 is 15.4 Å². The zero-order chi connectivity index (χ0) is 32.8. The molecule has 0 aromatic heterocycles. The molecule has 2 rings (SSSR count). The van der Waals surface area contributed by atoms with Crippen LogP contribution in [0.5, 0.6) is 5.75 Å². The van der Waals surface area contributed by atoms with E-state index in [4.69, 9.17) is 16.3 Å². The average Bonchev–Trinajstić information content (AvgIpc) is 2.96. The van der Waals surface area contributed by atoms with Crippen molar-refractivity contribution < 1.29 is 43.3 Å². The number of carboxylic acid groups (broad SMARTS) is 1. The largest absolute Gasteiger partial charge is 0.494 e. The Morgan fingerprint density at radius 1 is 1.14 bits per heavy atom. The molecule has 4 N–H and O–H groups in total. The number of hydrogen-bond acceptors (Lipinski definition) is 8. The second-order valence-electron chi connectivity index (χ2n) is 10.1. The Labute approximate surface area is 265 Å². The van der Waals surface area contributed by atoms with E-state index < -0.39 is 54.2 Å². The summed E-state index contributed by atoms with van der Waals surface area (Å²) < 4.78 is 24.3. The molecule has 0 bridgehead atoms. The van der Waals surface area contributed by atoms with Gasteiger partial charge in [-0.15, -0.1) is 0 Å². The molecule has 0 saturated heterocycles. The number of nitrogens with one attached hydrogen (secondary N) is 2. The van der Waals surface area contributed by atoms with E-state index in [9.17, 15) is 33.8 Å². The third kappa shape index (κ3) is 11.8. The summed E-state index contributed by atoms with van der Waals surface area (Å²) >= 11 is 7.19. The predicted octanol–water partition coefficient (Wildman–Crippen LogP) is 4.00. The van der Waals surface area contributed by atoms with Crippen LogP contribution in [0.4, 0.5) is 4.39 Å². The molecule has 0 aliphatic rings. The molecular formula is C31H38ClFN2O8S. The van der Waals surface area contributed by atoms with Gasteiger partial charge in [0.05, 0.1) is 38.7 Å². The van der Waals surface area contributed by atoms with Crippen molar-refractivity contribution in [2.24, 2.45) is 5.92 Å². The van der Waals surface area contributed by atoms with Crippen molar-refractivity contribution in [3.05, 3.63) is 70.0 Å². The quantitative estimate of drug-likeness (QED) is 0.147. The number of aliphatic hydroxyl groups is 1. The van der Waals surface area contributed by atoms with Crippen molar-refractivity contribution in [3.8, 4) is 5.75 Å². The monoisotopic (exact) mass is 652 g/mol. The molecule has 2 aromatic rings. The van der Waals surface area contributed by atoms with Gasteiger partial charge in [0.25, 0.3) is 0 Å². The molecule has 0 fully saturated rings. The number of ether oxygens (including phenoxy) is 2. The Kier molecular flexibility index (Phi) is 15.2. The van der Waals surface area contributed by atoms with Crippen LogP contribution >= 0.6 is 23.4 Å². The summed E-state index contributed by atoms with van der Waals surface area (Å²) in [6.07, 6.45) is 0.764. The summed E-state index contributed by atoms with van der Waals surface area (Å²) in [7, 11) is 1.26. The van der Waals surface area contributed by atoms with Gasteiger partial charge in [0.15, 0.2) is 0 Å². The Hall–Kier alpha value is -3.61. The van der Waals surface area contributed by atoms with Gasteiger partial charge in [0, 0.05) is 33.7 Å². The Morgan fingerprint density at radius 3 is 2.48 bits per heavy atom. The van der Waals surface area contributed by atoms with E-state index in [0.717, 1.165) is 11.8 Å². The predicted molar refractivity (Wildman–Crippen MR) is 167 cm³/mol. The number of benzene rings is 2. The number of carboxylic acids is 1. The number of aliphatic hydroxyl groups excluding tert-OH is 1. The van der Waals surface area contributed by atoms with Crippen LogP contribution in [0, 0.1) is 11.7 Å². The molecule has 13 heteroatoms. The maximum Gasteiger partial charge on any atom is 0.330 e. The summed E-state index contributed by atoms with van der Waals surface area (Å²) in [4.78, 5) is 49.4. The minimum atomic E-state index is -1.29. The van der Waals surface area contributed by atoms with E-state index in [-0.39, 0.29) is 34.4 Å². The summed E-state index contributed by atoms with van der Waals surface area (Å²) in [6, 6.07) is 7.13. The Bertz CT molecular complexity index is 1320. The lowest BCUT2D eigenvalue weighted by Gasteiger charge is -2.27. The third-order valence-corrected chi connectivity index (χ3v) is 7.82. The number of halogens is 2. The summed E-state index contributed by atoms with van der Waals surface area (Å²) in [5.74, 6) is -3.26. The summed E-state index contributed by atoms with van der Waals surface area (Å²) in [5.41, 5.74) is 1.40. The van der Waals surface area contributed by atoms with Gasteiger partial charge in [-0.05, 0) is 48.7 Å². The van der Waals surface area contributed by atoms with Crippen molar-refractivity contribution in [2.75, 3.05) is 19.5 Å². The van der Waals surface area contributed by atoms with Gasteiger partial charge < -0.3 is 30.3 Å². The number of aliphatic carboxylic acids is 1. The van der Waals surface area contributed by atoms with Crippen LogP contribution in [0.1, 0.15) is 43.9 Å². The van der Waals surface area contributed by atoms with E-state index in [1.165, 1.54) is 31.4 Å². The number of hydrogen-bond donors (Lipinski definition) is 4. The number of esters is 1. The second kappa shape index (κ2) is 18.3. The van der Waals surface area contributed by atoms with Gasteiger partial charge in [0.2, 0.25) is 11.8 Å². The molecule has 10 nitrogen and oxygen atoms in total. The number of methoxy groups -OCH3 is 1. The van der Waals surface area contributed by atoms with Gasteiger partial charge in [-0.1, -0.05) is 37.6 Å². The molecule has 44 heavy (non-hydrogen) atoms. The van der Waals surface area contributed by atoms with E-state index in [1.807, 2.05) is 0 Å². The lowest BCUT2D eigenvalue weighted by atomic mass is 10.0. The average molecular weight is 653 g/mol. The molecule has 240 valence electrons. The van der Waals surface area contributed by atoms with Crippen LogP contribution in [0.3, 0.4) is 0 Å². The van der Waals surface area contributed by atoms with E-state index in [0.29, 0.717) is 23.5 Å². The molecule has 3 atom stereocenters. The van der Waals surface area contributed by atoms with Crippen LogP contribution in [0.25, 0.3) is 6.08 Å². The molecule has 2 amide bonds. The lowest BCUT2D eigenvalue weighted by Crippen LogP contribution is -2.55. The van der Waals surface area contributed by atoms with Crippen molar-refractivity contribution in [1.82, 2.24) is 10.6 Å². The highest BCUT2D eigenvalue weighted by atomic mass is 35.5. The Balaban J connectivity index is 2.12. The molecule has 0 radical (unpaired) electrons. The molecular weight excluding hydrogens is 615 g/mol. The van der Waals surface area contributed by atoms with Crippen LogP contribution in [-0.4, -0.2) is 71.6 Å². The smallest absolute Gasteiger partial charge is 0.330 e. The minimum absolute atomic E-state index is 0.0113. The van der Waals surface area contributed by atoms with Crippen molar-refractivity contribution in [2.45, 2.75) is 57.6 Å². The van der Waals surface area contributed by atoms with Crippen molar-refractivity contribution >= 4 is 53.2 Å². The SMILES string of the molecule is CCOc1ccc(/C=C/C(=O)OC)cc1CC(=O)N[C@H](C(=O)N[C@@H](CC(=O)O)[C@H](O)CSCc1c(F)cccc1Cl)C(C)C. The highest BCUT2D eigenvalue weighted by molar-refractivity contribution is 7.98. The fourth-order valence-electron chi connectivity index (χ4n) is 4.11. The van der Waals surface area contributed by atoms with Gasteiger partial charge in [-0.2, -0.15) is 11.8 Å². The number of rotatable bonds is 17. The zero-order valence-corrected chi connectivity index (χ0v) is 26.5. The number of carbonyl (C=O) groups excluding carboxylic acids is 3. The topological polar surface area (TPSA) is 151 Å². The number of thioether (sulfide) groups is 1. The van der Waals surface area contributed by atoms with Gasteiger partial charge in [-0.3, -0.25) is 14.4 Å². The Morgan fingerprint density at radius 2 is 1.86 bits per heavy atom. The van der Waals surface area contributed by atoms with Gasteiger partial charge in [-0.25, -0.2) is 9.18 Å². The number of carbonyl (C=O) groups is 4. The maximum atomic E-state index is 14.1. The maximum absolute atomic E-state index is 14.1. The van der Waals surface area contributed by atoms with Crippen LogP contribution in [0.2, 0.25) is 5.02 Å². The van der Waals surface area contributed by atoms with Crippen LogP contribution in [-0.2, 0) is 36.1 Å². The zero-order valence-electron chi connectivity index (χ0n) is 25.0. The fourth-order valence-corrected chi connectivity index (χ4v) is 5.51. The van der Waals surface area contributed by atoms with E-state index in [2.05, 4.69) is 15.4 Å². The van der Waals surface area contributed by atoms with Crippen molar-refractivity contribution in [3.63, 3.8) is 0 Å². The summed E-state index contributed by atoms with van der Waals surface area (Å²) in [5, 5.41) is 25.7. The normalized spacial score (nSPS) is 13.3. The highest BCUT2D eigenvalue weighted by Crippen LogP contribution is 2.25. The third-order valence-electron chi connectivity index (χ3n) is 6.40. The lowest BCUT2D eigenvalue weighted by molar-refractivity contribution is -0.139. The first-order chi connectivity index (χ1) is 20.9. The van der Waals surface area contributed by atoms with Crippen LogP contribution in [0.15, 0.2) is 42.5 Å². The number of amides is 2. The highest BCUT2D eigenvalue weighted by Gasteiger charge is 2.30. The first-order valence-electron chi connectivity index (χ1n) is 13.9. The van der Waals surface area contributed by atoms with Gasteiger partial charge >= 0.3 is 11.9 Å². The molecule has 0 heterocycles. The first-order valence-corrected chi connectivity index (χ1v) is 15.4.